The SMILES string of the molecule is O=C(NCCO)[C@@H](c1ccccc1)N(Cc1ccc(F)cc1)C(=O)CCc1ccccc1. The van der Waals surface area contributed by atoms with Gasteiger partial charge in [0.05, 0.1) is 6.61 Å². The number of carbonyl (C=O) groups excluding carboxylic acids is 2. The average Bonchev–Trinajstić information content (AvgIpc) is 2.83. The van der Waals surface area contributed by atoms with Gasteiger partial charge in [0, 0.05) is 19.5 Å². The van der Waals surface area contributed by atoms with Crippen LogP contribution in [0.4, 0.5) is 4.39 Å². The zero-order valence-corrected chi connectivity index (χ0v) is 17.8. The Labute approximate surface area is 187 Å². The monoisotopic (exact) mass is 434 g/mol. The molecule has 5 nitrogen and oxygen atoms in total. The van der Waals surface area contributed by atoms with Crippen LogP contribution in [0.3, 0.4) is 0 Å². The highest BCUT2D eigenvalue weighted by molar-refractivity contribution is 5.88. The molecule has 0 saturated carbocycles. The Morgan fingerprint density at radius 2 is 1.50 bits per heavy atom. The summed E-state index contributed by atoms with van der Waals surface area (Å²) in [4.78, 5) is 28.0. The third kappa shape index (κ3) is 6.49. The van der Waals surface area contributed by atoms with E-state index in [9.17, 15) is 14.0 Å². The summed E-state index contributed by atoms with van der Waals surface area (Å²) in [5.41, 5.74) is 2.41. The first kappa shape index (κ1) is 23.2. The number of aliphatic hydroxyl groups excluding tert-OH is 1. The number of benzene rings is 3. The molecular weight excluding hydrogens is 407 g/mol. The fourth-order valence-electron chi connectivity index (χ4n) is 3.53. The van der Waals surface area contributed by atoms with Gasteiger partial charge >= 0.3 is 0 Å². The number of rotatable bonds is 10. The van der Waals surface area contributed by atoms with Gasteiger partial charge in [-0.3, -0.25) is 9.59 Å². The summed E-state index contributed by atoms with van der Waals surface area (Å²) in [6.45, 7) is 0.0396. The van der Waals surface area contributed by atoms with E-state index in [1.807, 2.05) is 48.5 Å². The quantitative estimate of drug-likeness (QED) is 0.512. The van der Waals surface area contributed by atoms with Crippen molar-refractivity contribution in [1.82, 2.24) is 10.2 Å². The van der Waals surface area contributed by atoms with Gasteiger partial charge in [0.15, 0.2) is 0 Å². The van der Waals surface area contributed by atoms with Gasteiger partial charge in [0.1, 0.15) is 11.9 Å². The molecule has 0 aliphatic rings. The average molecular weight is 435 g/mol. The maximum atomic E-state index is 13.4. The summed E-state index contributed by atoms with van der Waals surface area (Å²) in [6.07, 6.45) is 0.765. The van der Waals surface area contributed by atoms with Gasteiger partial charge in [0.2, 0.25) is 11.8 Å². The van der Waals surface area contributed by atoms with Crippen molar-refractivity contribution < 1.29 is 19.1 Å². The minimum atomic E-state index is -0.879. The molecule has 0 bridgehead atoms. The molecule has 6 heteroatoms. The first-order valence-electron chi connectivity index (χ1n) is 10.6. The second-order valence-corrected chi connectivity index (χ2v) is 7.46. The first-order chi connectivity index (χ1) is 15.6. The van der Waals surface area contributed by atoms with Gasteiger partial charge in [-0.15, -0.1) is 0 Å². The zero-order chi connectivity index (χ0) is 22.8. The first-order valence-corrected chi connectivity index (χ1v) is 10.6. The second-order valence-electron chi connectivity index (χ2n) is 7.46. The highest BCUT2D eigenvalue weighted by atomic mass is 19.1. The van der Waals surface area contributed by atoms with Gasteiger partial charge in [-0.2, -0.15) is 0 Å². The van der Waals surface area contributed by atoms with E-state index in [-0.39, 0.29) is 43.7 Å². The van der Waals surface area contributed by atoms with E-state index >= 15 is 0 Å². The number of aliphatic hydroxyl groups is 1. The number of halogens is 1. The van der Waals surface area contributed by atoms with E-state index < -0.39 is 6.04 Å². The molecule has 32 heavy (non-hydrogen) atoms. The van der Waals surface area contributed by atoms with Crippen LogP contribution in [-0.2, 0) is 22.6 Å². The lowest BCUT2D eigenvalue weighted by molar-refractivity contribution is -0.141. The molecule has 1 atom stereocenters. The number of nitrogens with zero attached hydrogens (tertiary/aromatic N) is 1. The Kier molecular flexibility index (Phi) is 8.52. The smallest absolute Gasteiger partial charge is 0.247 e. The number of carbonyl (C=O) groups is 2. The summed E-state index contributed by atoms with van der Waals surface area (Å²) in [7, 11) is 0. The van der Waals surface area contributed by atoms with Crippen LogP contribution in [0.2, 0.25) is 0 Å². The lowest BCUT2D eigenvalue weighted by atomic mass is 10.0. The summed E-state index contributed by atoms with van der Waals surface area (Å²) < 4.78 is 13.4. The highest BCUT2D eigenvalue weighted by Gasteiger charge is 2.31. The third-order valence-electron chi connectivity index (χ3n) is 5.14. The lowest BCUT2D eigenvalue weighted by Crippen LogP contribution is -2.44. The van der Waals surface area contributed by atoms with E-state index in [0.29, 0.717) is 12.0 Å². The minimum Gasteiger partial charge on any atom is -0.395 e. The topological polar surface area (TPSA) is 69.6 Å². The molecule has 0 aromatic heterocycles. The fourth-order valence-corrected chi connectivity index (χ4v) is 3.53. The van der Waals surface area contributed by atoms with E-state index in [4.69, 9.17) is 5.11 Å². The molecule has 0 radical (unpaired) electrons. The largest absolute Gasteiger partial charge is 0.395 e. The predicted molar refractivity (Wildman–Crippen MR) is 121 cm³/mol. The molecule has 0 aliphatic carbocycles. The molecule has 3 aromatic carbocycles. The normalized spacial score (nSPS) is 11.6. The molecule has 2 amide bonds. The summed E-state index contributed by atoms with van der Waals surface area (Å²) >= 11 is 0. The van der Waals surface area contributed by atoms with E-state index in [0.717, 1.165) is 11.1 Å². The van der Waals surface area contributed by atoms with Crippen molar-refractivity contribution in [2.75, 3.05) is 13.2 Å². The number of hydrogen-bond acceptors (Lipinski definition) is 3. The van der Waals surface area contributed by atoms with Gasteiger partial charge in [-0.1, -0.05) is 72.8 Å². The summed E-state index contributed by atoms with van der Waals surface area (Å²) in [5, 5.41) is 11.8. The van der Waals surface area contributed by atoms with Crippen LogP contribution >= 0.6 is 0 Å². The Morgan fingerprint density at radius 3 is 2.12 bits per heavy atom. The predicted octanol–water partition coefficient (Wildman–Crippen LogP) is 3.64. The van der Waals surface area contributed by atoms with Gasteiger partial charge < -0.3 is 15.3 Å². The maximum absolute atomic E-state index is 13.4. The van der Waals surface area contributed by atoms with Crippen LogP contribution in [0.1, 0.15) is 29.2 Å². The van der Waals surface area contributed by atoms with Crippen LogP contribution < -0.4 is 5.32 Å². The molecule has 0 spiro atoms. The van der Waals surface area contributed by atoms with Gasteiger partial charge in [0.25, 0.3) is 0 Å². The molecule has 3 rings (SSSR count). The minimum absolute atomic E-state index is 0.0881. The van der Waals surface area contributed by atoms with Crippen molar-refractivity contribution in [1.29, 1.82) is 0 Å². The van der Waals surface area contributed by atoms with Crippen molar-refractivity contribution in [3.8, 4) is 0 Å². The van der Waals surface area contributed by atoms with Crippen molar-refractivity contribution in [2.45, 2.75) is 25.4 Å². The van der Waals surface area contributed by atoms with E-state index in [1.54, 1.807) is 24.3 Å². The maximum Gasteiger partial charge on any atom is 0.247 e. The molecular formula is C26H27FN2O3. The fraction of sp³-hybridized carbons (Fsp3) is 0.231. The number of nitrogens with one attached hydrogen (secondary N) is 1. The van der Waals surface area contributed by atoms with Gasteiger partial charge in [-0.25, -0.2) is 4.39 Å². The molecule has 0 heterocycles. The second kappa shape index (κ2) is 11.8. The molecule has 166 valence electrons. The number of aryl methyl sites for hydroxylation is 1. The molecule has 3 aromatic rings. The Bertz CT molecular complexity index is 995. The van der Waals surface area contributed by atoms with Crippen LogP contribution in [0.5, 0.6) is 0 Å². The van der Waals surface area contributed by atoms with Crippen LogP contribution in [0.25, 0.3) is 0 Å². The van der Waals surface area contributed by atoms with E-state index in [2.05, 4.69) is 5.32 Å². The standard InChI is InChI=1S/C26H27FN2O3/c27-23-14-11-21(12-15-23)19-29(24(31)16-13-20-7-3-1-4-8-20)25(26(32)28-17-18-30)22-9-5-2-6-10-22/h1-12,14-15,25,30H,13,16-19H2,(H,28,32)/t25-/m1/s1. The molecule has 0 unspecified atom stereocenters. The number of amides is 2. The van der Waals surface area contributed by atoms with Crippen LogP contribution in [-0.4, -0.2) is 35.0 Å². The van der Waals surface area contributed by atoms with Crippen molar-refractivity contribution in [3.63, 3.8) is 0 Å². The summed E-state index contributed by atoms with van der Waals surface area (Å²) in [6, 6.07) is 23.8. The zero-order valence-electron chi connectivity index (χ0n) is 17.8. The Balaban J connectivity index is 1.91. The van der Waals surface area contributed by atoms with Crippen LogP contribution in [0.15, 0.2) is 84.9 Å². The lowest BCUT2D eigenvalue weighted by Gasteiger charge is -2.31. The molecule has 0 saturated heterocycles. The van der Waals surface area contributed by atoms with Gasteiger partial charge in [-0.05, 0) is 35.2 Å². The van der Waals surface area contributed by atoms with E-state index in [1.165, 1.54) is 17.0 Å². The third-order valence-corrected chi connectivity index (χ3v) is 5.14. The Morgan fingerprint density at radius 1 is 0.875 bits per heavy atom. The molecule has 0 fully saturated rings. The highest BCUT2D eigenvalue weighted by Crippen LogP contribution is 2.25. The number of hydrogen-bond donors (Lipinski definition) is 2. The Hall–Kier alpha value is -3.51. The van der Waals surface area contributed by atoms with Crippen LogP contribution in [0, 0.1) is 5.82 Å². The van der Waals surface area contributed by atoms with Crippen molar-refractivity contribution in [3.05, 3.63) is 107 Å². The summed E-state index contributed by atoms with van der Waals surface area (Å²) in [5.74, 6) is -0.928. The molecule has 2 N–H and O–H groups in total. The molecule has 0 aliphatic heterocycles. The van der Waals surface area contributed by atoms with Crippen molar-refractivity contribution in [2.24, 2.45) is 0 Å². The van der Waals surface area contributed by atoms with Crippen molar-refractivity contribution >= 4 is 11.8 Å².